The molecule has 6 heteroatoms. The molecule has 0 bridgehead atoms. The van der Waals surface area contributed by atoms with Crippen LogP contribution >= 0.6 is 15.9 Å². The highest BCUT2D eigenvalue weighted by Crippen LogP contribution is 2.26. The number of nitrogens with two attached hydrogens (primary N) is 1. The molecule has 1 rings (SSSR count). The van der Waals surface area contributed by atoms with Crippen molar-refractivity contribution in [1.29, 1.82) is 0 Å². The zero-order valence-corrected chi connectivity index (χ0v) is 12.0. The van der Waals surface area contributed by atoms with Gasteiger partial charge in [0.15, 0.2) is 5.82 Å². The van der Waals surface area contributed by atoms with Gasteiger partial charge >= 0.3 is 0 Å². The van der Waals surface area contributed by atoms with E-state index in [1.807, 2.05) is 0 Å². The molecule has 0 spiro atoms. The van der Waals surface area contributed by atoms with Crippen LogP contribution in [-0.4, -0.2) is 24.2 Å². The van der Waals surface area contributed by atoms with Gasteiger partial charge in [-0.2, -0.15) is 0 Å². The molecule has 2 N–H and O–H groups in total. The van der Waals surface area contributed by atoms with E-state index in [4.69, 9.17) is 15.2 Å². The summed E-state index contributed by atoms with van der Waals surface area (Å²) >= 11 is 3.35. The van der Waals surface area contributed by atoms with Crippen molar-refractivity contribution >= 4 is 21.7 Å². The summed E-state index contributed by atoms with van der Waals surface area (Å²) in [6.07, 6.45) is 1.74. The van der Waals surface area contributed by atoms with Crippen molar-refractivity contribution in [3.8, 4) is 0 Å². The zero-order valence-electron chi connectivity index (χ0n) is 10.4. The fraction of sp³-hybridized carbons (Fsp3) is 0.636. The number of aromatic nitrogens is 2. The first kappa shape index (κ1) is 14.3. The van der Waals surface area contributed by atoms with Gasteiger partial charge in [-0.25, -0.2) is 9.97 Å². The molecule has 0 aromatic carbocycles. The van der Waals surface area contributed by atoms with E-state index in [0.29, 0.717) is 22.7 Å². The first-order valence-corrected chi connectivity index (χ1v) is 6.26. The van der Waals surface area contributed by atoms with Gasteiger partial charge in [0.05, 0.1) is 16.8 Å². The average Bonchev–Trinajstić information content (AvgIpc) is 2.32. The largest absolute Gasteiger partial charge is 0.383 e. The third-order valence-electron chi connectivity index (χ3n) is 2.37. The van der Waals surface area contributed by atoms with Crippen LogP contribution in [0.15, 0.2) is 4.47 Å². The molecular formula is C11H18BrN3O2. The molecular weight excluding hydrogens is 286 g/mol. The molecule has 96 valence electrons. The smallest absolute Gasteiger partial charge is 0.159 e. The van der Waals surface area contributed by atoms with Crippen LogP contribution in [-0.2, 0) is 16.1 Å². The van der Waals surface area contributed by atoms with Gasteiger partial charge < -0.3 is 15.2 Å². The van der Waals surface area contributed by atoms with Gasteiger partial charge in [-0.3, -0.25) is 0 Å². The third-order valence-corrected chi connectivity index (χ3v) is 3.23. The Hall–Kier alpha value is -0.720. The lowest BCUT2D eigenvalue weighted by Crippen LogP contribution is -2.11. The maximum atomic E-state index is 5.83. The van der Waals surface area contributed by atoms with Crippen LogP contribution in [0.3, 0.4) is 0 Å². The third kappa shape index (κ3) is 3.62. The average molecular weight is 304 g/mol. The molecule has 0 saturated heterocycles. The second-order valence-corrected chi connectivity index (χ2v) is 4.47. The molecule has 1 heterocycles. The van der Waals surface area contributed by atoms with Crippen molar-refractivity contribution in [3.63, 3.8) is 0 Å². The lowest BCUT2D eigenvalue weighted by atomic mass is 10.2. The number of nitrogen functional groups attached to an aromatic ring is 1. The normalized spacial score (nSPS) is 12.7. The van der Waals surface area contributed by atoms with Crippen LogP contribution in [0.4, 0.5) is 5.82 Å². The Labute approximate surface area is 110 Å². The molecule has 0 radical (unpaired) electrons. The van der Waals surface area contributed by atoms with Gasteiger partial charge in [0.2, 0.25) is 0 Å². The molecule has 5 nitrogen and oxygen atoms in total. The fourth-order valence-corrected chi connectivity index (χ4v) is 1.82. The summed E-state index contributed by atoms with van der Waals surface area (Å²) < 4.78 is 11.1. The highest BCUT2D eigenvalue weighted by Gasteiger charge is 2.17. The van der Waals surface area contributed by atoms with E-state index in [2.05, 4.69) is 32.8 Å². The van der Waals surface area contributed by atoms with E-state index in [9.17, 15) is 0 Å². The van der Waals surface area contributed by atoms with Crippen LogP contribution in [0, 0.1) is 0 Å². The SMILES string of the molecule is CCCC(OC)c1nc(N)c(Br)c(COC)n1. The van der Waals surface area contributed by atoms with Crippen LogP contribution in [0.1, 0.15) is 37.4 Å². The Morgan fingerprint density at radius 1 is 1.35 bits per heavy atom. The number of methoxy groups -OCH3 is 2. The molecule has 0 fully saturated rings. The van der Waals surface area contributed by atoms with Crippen molar-refractivity contribution in [2.24, 2.45) is 0 Å². The Balaban J connectivity index is 3.07. The molecule has 1 unspecified atom stereocenters. The minimum absolute atomic E-state index is 0.119. The van der Waals surface area contributed by atoms with Crippen molar-refractivity contribution in [3.05, 3.63) is 16.0 Å². The lowest BCUT2D eigenvalue weighted by molar-refractivity contribution is 0.0868. The summed E-state index contributed by atoms with van der Waals surface area (Å²) in [6, 6.07) is 0. The van der Waals surface area contributed by atoms with Crippen LogP contribution in [0.5, 0.6) is 0 Å². The van der Waals surface area contributed by atoms with E-state index in [0.717, 1.165) is 18.5 Å². The minimum atomic E-state index is -0.119. The predicted molar refractivity (Wildman–Crippen MR) is 69.5 cm³/mol. The van der Waals surface area contributed by atoms with Gasteiger partial charge in [-0.05, 0) is 22.4 Å². The Morgan fingerprint density at radius 3 is 2.59 bits per heavy atom. The zero-order chi connectivity index (χ0) is 12.8. The first-order chi connectivity index (χ1) is 8.13. The van der Waals surface area contributed by atoms with Crippen molar-refractivity contribution < 1.29 is 9.47 Å². The Morgan fingerprint density at radius 2 is 2.06 bits per heavy atom. The summed E-state index contributed by atoms with van der Waals surface area (Å²) in [7, 11) is 3.27. The monoisotopic (exact) mass is 303 g/mol. The van der Waals surface area contributed by atoms with Crippen LogP contribution in [0.2, 0.25) is 0 Å². The second kappa shape index (κ2) is 6.88. The van der Waals surface area contributed by atoms with Gasteiger partial charge in [0.1, 0.15) is 11.9 Å². The molecule has 1 atom stereocenters. The quantitative estimate of drug-likeness (QED) is 0.874. The topological polar surface area (TPSA) is 70.3 Å². The van der Waals surface area contributed by atoms with Crippen LogP contribution in [0.25, 0.3) is 0 Å². The lowest BCUT2D eigenvalue weighted by Gasteiger charge is -2.15. The summed E-state index contributed by atoms with van der Waals surface area (Å²) in [5, 5.41) is 0. The molecule has 0 amide bonds. The number of halogens is 1. The van der Waals surface area contributed by atoms with Gasteiger partial charge in [0.25, 0.3) is 0 Å². The van der Waals surface area contributed by atoms with Crippen molar-refractivity contribution in [2.75, 3.05) is 20.0 Å². The summed E-state index contributed by atoms with van der Waals surface area (Å²) in [4.78, 5) is 8.67. The van der Waals surface area contributed by atoms with Crippen molar-refractivity contribution in [1.82, 2.24) is 9.97 Å². The van der Waals surface area contributed by atoms with Gasteiger partial charge in [-0.1, -0.05) is 13.3 Å². The maximum Gasteiger partial charge on any atom is 0.159 e. The highest BCUT2D eigenvalue weighted by atomic mass is 79.9. The molecule has 1 aromatic rings. The fourth-order valence-electron chi connectivity index (χ4n) is 1.52. The maximum absolute atomic E-state index is 5.83. The number of hydrogen-bond donors (Lipinski definition) is 1. The molecule has 0 aliphatic carbocycles. The number of hydrogen-bond acceptors (Lipinski definition) is 5. The molecule has 0 aliphatic heterocycles. The molecule has 0 saturated carbocycles. The summed E-state index contributed by atoms with van der Waals surface area (Å²) in [5.74, 6) is 1.03. The minimum Gasteiger partial charge on any atom is -0.383 e. The second-order valence-electron chi connectivity index (χ2n) is 3.67. The van der Waals surface area contributed by atoms with Crippen LogP contribution < -0.4 is 5.73 Å². The number of nitrogens with zero attached hydrogens (tertiary/aromatic N) is 2. The van der Waals surface area contributed by atoms with Gasteiger partial charge in [0, 0.05) is 14.2 Å². The predicted octanol–water partition coefficient (Wildman–Crippen LogP) is 2.46. The van der Waals surface area contributed by atoms with Gasteiger partial charge in [-0.15, -0.1) is 0 Å². The van der Waals surface area contributed by atoms with E-state index in [1.165, 1.54) is 0 Å². The van der Waals surface area contributed by atoms with E-state index >= 15 is 0 Å². The first-order valence-electron chi connectivity index (χ1n) is 5.47. The Kier molecular flexibility index (Phi) is 5.80. The molecule has 1 aromatic heterocycles. The number of anilines is 1. The number of rotatable bonds is 6. The molecule has 17 heavy (non-hydrogen) atoms. The summed E-state index contributed by atoms with van der Waals surface area (Å²) in [6.45, 7) is 2.48. The summed E-state index contributed by atoms with van der Waals surface area (Å²) in [5.41, 5.74) is 6.57. The van der Waals surface area contributed by atoms with E-state index < -0.39 is 0 Å². The van der Waals surface area contributed by atoms with E-state index in [-0.39, 0.29) is 6.10 Å². The number of ether oxygens (including phenoxy) is 2. The molecule has 0 aliphatic rings. The van der Waals surface area contributed by atoms with E-state index in [1.54, 1.807) is 14.2 Å². The standard InChI is InChI=1S/C11H18BrN3O2/c1-4-5-8(17-3)11-14-7(6-16-2)9(12)10(13)15-11/h8H,4-6H2,1-3H3,(H2,13,14,15). The Bertz CT molecular complexity index is 374. The highest BCUT2D eigenvalue weighted by molar-refractivity contribution is 9.10. The van der Waals surface area contributed by atoms with Crippen molar-refractivity contribution in [2.45, 2.75) is 32.5 Å².